The number of anilines is 1. The fraction of sp³-hybridized carbons (Fsp3) is 0.400. The van der Waals surface area contributed by atoms with Crippen molar-refractivity contribution in [3.63, 3.8) is 0 Å². The molecule has 0 aliphatic carbocycles. The Morgan fingerprint density at radius 1 is 1.00 bits per heavy atom. The summed E-state index contributed by atoms with van der Waals surface area (Å²) in [5.74, 6) is 0.0480. The average molecular weight is 411 g/mol. The van der Waals surface area contributed by atoms with E-state index >= 15 is 0 Å². The maximum Gasteiger partial charge on any atom is 0.387 e. The Hall–Kier alpha value is -2.30. The van der Waals surface area contributed by atoms with Crippen LogP contribution in [0.5, 0.6) is 5.75 Å². The van der Waals surface area contributed by atoms with E-state index in [2.05, 4.69) is 4.74 Å². The third kappa shape index (κ3) is 4.82. The van der Waals surface area contributed by atoms with Gasteiger partial charge in [0.25, 0.3) is 0 Å². The summed E-state index contributed by atoms with van der Waals surface area (Å²) in [4.78, 5) is 0. The molecule has 0 amide bonds. The monoisotopic (exact) mass is 411 g/mol. The lowest BCUT2D eigenvalue weighted by atomic mass is 9.89. The number of benzene rings is 2. The lowest BCUT2D eigenvalue weighted by molar-refractivity contribution is -0.231. The quantitative estimate of drug-likeness (QED) is 0.449. The Labute approximate surface area is 165 Å². The van der Waals surface area contributed by atoms with Crippen molar-refractivity contribution in [2.45, 2.75) is 43.6 Å². The highest BCUT2D eigenvalue weighted by molar-refractivity contribution is 5.51. The van der Waals surface area contributed by atoms with Crippen molar-refractivity contribution in [2.75, 3.05) is 12.3 Å². The van der Waals surface area contributed by atoms with Gasteiger partial charge in [-0.15, -0.1) is 0 Å². The van der Waals surface area contributed by atoms with Gasteiger partial charge in [0.1, 0.15) is 36.3 Å². The number of hydrogen-bond acceptors (Lipinski definition) is 7. The Bertz CT molecular complexity index is 817. The number of nitrogens with two attached hydrogens (primary N) is 1. The molecule has 5 atom stereocenters. The van der Waals surface area contributed by atoms with Crippen molar-refractivity contribution < 1.29 is 38.7 Å². The molecule has 0 spiro atoms. The van der Waals surface area contributed by atoms with Crippen LogP contribution in [0.25, 0.3) is 0 Å². The molecule has 0 radical (unpaired) electrons. The fourth-order valence-corrected chi connectivity index (χ4v) is 3.34. The molecule has 7 nitrogen and oxygen atoms in total. The van der Waals surface area contributed by atoms with Crippen molar-refractivity contribution in [1.29, 1.82) is 0 Å². The lowest BCUT2D eigenvalue weighted by Gasteiger charge is -2.40. The average Bonchev–Trinajstić information content (AvgIpc) is 2.69. The van der Waals surface area contributed by atoms with E-state index in [1.54, 1.807) is 30.3 Å². The van der Waals surface area contributed by atoms with Crippen LogP contribution in [0, 0.1) is 0 Å². The topological polar surface area (TPSA) is 125 Å². The number of hydrogen-bond donors (Lipinski definition) is 5. The summed E-state index contributed by atoms with van der Waals surface area (Å²) in [6.07, 6.45) is -5.90. The molecule has 0 unspecified atom stereocenters. The lowest BCUT2D eigenvalue weighted by Crippen LogP contribution is -2.55. The van der Waals surface area contributed by atoms with E-state index in [4.69, 9.17) is 10.5 Å². The third-order valence-electron chi connectivity index (χ3n) is 4.93. The zero-order valence-corrected chi connectivity index (χ0v) is 15.4. The number of halogens is 2. The molecule has 2 aromatic carbocycles. The molecule has 1 aliphatic rings. The maximum absolute atomic E-state index is 12.3. The van der Waals surface area contributed by atoms with Crippen molar-refractivity contribution in [1.82, 2.24) is 0 Å². The first-order valence-electron chi connectivity index (χ1n) is 9.02. The zero-order valence-electron chi connectivity index (χ0n) is 15.4. The van der Waals surface area contributed by atoms with Gasteiger partial charge in [-0.05, 0) is 41.3 Å². The Balaban J connectivity index is 1.81. The highest BCUT2D eigenvalue weighted by Gasteiger charge is 2.43. The number of ether oxygens (including phenoxy) is 2. The van der Waals surface area contributed by atoms with Crippen LogP contribution in [-0.4, -0.2) is 58.1 Å². The highest BCUT2D eigenvalue weighted by Crippen LogP contribution is 2.34. The fourth-order valence-electron chi connectivity index (χ4n) is 3.34. The molecular formula is C20H23F2NO6. The summed E-state index contributed by atoms with van der Waals surface area (Å²) in [7, 11) is 0. The molecule has 6 N–H and O–H groups in total. The minimum atomic E-state index is -2.90. The standard InChI is InChI=1S/C20H23F2NO6/c21-20(22)28-13-4-1-10(2-5-13)7-12-8-11(3-6-14(12)23)19-18(27)17(26)16(25)15(9-24)29-19/h1-6,8,15-20,24-27H,7,9,23H2/t15-,16-,17+,18-,19+/m1/s1. The second-order valence-corrected chi connectivity index (χ2v) is 6.91. The van der Waals surface area contributed by atoms with E-state index in [0.29, 0.717) is 23.2 Å². The second-order valence-electron chi connectivity index (χ2n) is 6.91. The first-order chi connectivity index (χ1) is 13.8. The van der Waals surface area contributed by atoms with Gasteiger partial charge in [0.15, 0.2) is 0 Å². The van der Waals surface area contributed by atoms with Gasteiger partial charge in [0, 0.05) is 5.69 Å². The first kappa shape index (κ1) is 21.4. The van der Waals surface area contributed by atoms with Crippen LogP contribution >= 0.6 is 0 Å². The molecule has 0 bridgehead atoms. The minimum Gasteiger partial charge on any atom is -0.435 e. The minimum absolute atomic E-state index is 0.0480. The van der Waals surface area contributed by atoms with Gasteiger partial charge in [-0.2, -0.15) is 8.78 Å². The smallest absolute Gasteiger partial charge is 0.387 e. The predicted octanol–water partition coefficient (Wildman–Crippen LogP) is 0.976. The van der Waals surface area contributed by atoms with Gasteiger partial charge >= 0.3 is 6.61 Å². The van der Waals surface area contributed by atoms with Gasteiger partial charge in [0.05, 0.1) is 6.61 Å². The van der Waals surface area contributed by atoms with Crippen LogP contribution < -0.4 is 10.5 Å². The summed E-state index contributed by atoms with van der Waals surface area (Å²) < 4.78 is 34.4. The molecule has 1 fully saturated rings. The van der Waals surface area contributed by atoms with Crippen molar-refractivity contribution in [3.05, 3.63) is 59.2 Å². The van der Waals surface area contributed by atoms with Crippen LogP contribution in [-0.2, 0) is 11.2 Å². The third-order valence-corrected chi connectivity index (χ3v) is 4.93. The molecular weight excluding hydrogens is 388 g/mol. The number of aliphatic hydroxyl groups excluding tert-OH is 4. The zero-order chi connectivity index (χ0) is 21.1. The van der Waals surface area contributed by atoms with E-state index in [0.717, 1.165) is 5.56 Å². The Morgan fingerprint density at radius 2 is 1.69 bits per heavy atom. The van der Waals surface area contributed by atoms with Crippen LogP contribution in [0.3, 0.4) is 0 Å². The van der Waals surface area contributed by atoms with Crippen molar-refractivity contribution >= 4 is 5.69 Å². The van der Waals surface area contributed by atoms with Gasteiger partial charge in [-0.1, -0.05) is 24.3 Å². The summed E-state index contributed by atoms with van der Waals surface area (Å²) in [5.41, 5.74) is 8.53. The number of aliphatic hydroxyl groups is 4. The van der Waals surface area contributed by atoms with Crippen LogP contribution in [0.15, 0.2) is 42.5 Å². The summed E-state index contributed by atoms with van der Waals surface area (Å²) in [6, 6.07) is 11.1. The second kappa shape index (κ2) is 9.02. The van der Waals surface area contributed by atoms with E-state index in [1.165, 1.54) is 12.1 Å². The van der Waals surface area contributed by atoms with E-state index in [-0.39, 0.29) is 5.75 Å². The van der Waals surface area contributed by atoms with Crippen LogP contribution in [0.1, 0.15) is 22.8 Å². The van der Waals surface area contributed by atoms with Gasteiger partial charge in [-0.3, -0.25) is 0 Å². The number of nitrogen functional groups attached to an aromatic ring is 1. The molecule has 3 rings (SSSR count). The van der Waals surface area contributed by atoms with Crippen molar-refractivity contribution in [3.8, 4) is 5.75 Å². The van der Waals surface area contributed by atoms with Crippen LogP contribution in [0.4, 0.5) is 14.5 Å². The highest BCUT2D eigenvalue weighted by atomic mass is 19.3. The van der Waals surface area contributed by atoms with Gasteiger partial charge < -0.3 is 35.6 Å². The maximum atomic E-state index is 12.3. The first-order valence-corrected chi connectivity index (χ1v) is 9.02. The molecule has 0 saturated carbocycles. The molecule has 29 heavy (non-hydrogen) atoms. The SMILES string of the molecule is Nc1ccc([C@@H]2O[C@H](CO)[C@@H](O)[C@H](O)[C@H]2O)cc1Cc1ccc(OC(F)F)cc1. The number of alkyl halides is 2. The number of rotatable bonds is 6. The molecule has 1 aliphatic heterocycles. The summed E-state index contributed by atoms with van der Waals surface area (Å²) in [5, 5.41) is 39.6. The van der Waals surface area contributed by atoms with E-state index in [9.17, 15) is 29.2 Å². The Morgan fingerprint density at radius 3 is 2.31 bits per heavy atom. The van der Waals surface area contributed by atoms with Gasteiger partial charge in [-0.25, -0.2) is 0 Å². The van der Waals surface area contributed by atoms with Crippen LogP contribution in [0.2, 0.25) is 0 Å². The van der Waals surface area contributed by atoms with E-state index < -0.39 is 43.7 Å². The Kier molecular flexibility index (Phi) is 6.66. The van der Waals surface area contributed by atoms with Gasteiger partial charge in [0.2, 0.25) is 0 Å². The van der Waals surface area contributed by atoms with E-state index in [1.807, 2.05) is 0 Å². The predicted molar refractivity (Wildman–Crippen MR) is 99.5 cm³/mol. The molecule has 9 heteroatoms. The normalized spacial score (nSPS) is 27.2. The van der Waals surface area contributed by atoms with Crippen molar-refractivity contribution in [2.24, 2.45) is 0 Å². The molecule has 158 valence electrons. The largest absolute Gasteiger partial charge is 0.435 e. The molecule has 2 aromatic rings. The molecule has 0 aromatic heterocycles. The molecule has 1 heterocycles. The summed E-state index contributed by atoms with van der Waals surface area (Å²) >= 11 is 0. The summed E-state index contributed by atoms with van der Waals surface area (Å²) in [6.45, 7) is -3.41. The molecule has 1 saturated heterocycles.